The molecule has 1 aliphatic rings. The first-order valence-electron chi connectivity index (χ1n) is 8.29. The van der Waals surface area contributed by atoms with Gasteiger partial charge in [0.15, 0.2) is 5.82 Å². The van der Waals surface area contributed by atoms with Gasteiger partial charge in [0.2, 0.25) is 5.89 Å². The van der Waals surface area contributed by atoms with E-state index in [-0.39, 0.29) is 12.1 Å². The van der Waals surface area contributed by atoms with E-state index in [4.69, 9.17) is 9.26 Å². The molecule has 3 rings (SSSR count). The van der Waals surface area contributed by atoms with Crippen molar-refractivity contribution in [2.45, 2.75) is 44.8 Å². The standard InChI is InChI=1S/C18H25N3O2/c1-13(15-7-5-4-6-8-15)9-10-21-12-16(22-3)11-17(21)18-19-14(2)20-23-18/h4-8,13,16-17H,9-12H2,1-3H3/t13-,16-,17-/m1/s1. The number of aromatic nitrogens is 2. The van der Waals surface area contributed by atoms with Crippen LogP contribution < -0.4 is 0 Å². The predicted octanol–water partition coefficient (Wildman–Crippen LogP) is 3.33. The summed E-state index contributed by atoms with van der Waals surface area (Å²) in [5, 5.41) is 3.94. The maximum Gasteiger partial charge on any atom is 0.244 e. The lowest BCUT2D eigenvalue weighted by Crippen LogP contribution is -2.27. The molecule has 1 aromatic carbocycles. The van der Waals surface area contributed by atoms with Gasteiger partial charge < -0.3 is 9.26 Å². The molecule has 1 saturated heterocycles. The van der Waals surface area contributed by atoms with Crippen molar-refractivity contribution in [2.75, 3.05) is 20.2 Å². The number of aryl methyl sites for hydroxylation is 1. The lowest BCUT2D eigenvalue weighted by atomic mass is 9.97. The molecule has 1 aromatic heterocycles. The van der Waals surface area contributed by atoms with E-state index < -0.39 is 0 Å². The molecule has 0 aliphatic carbocycles. The maximum atomic E-state index is 5.56. The summed E-state index contributed by atoms with van der Waals surface area (Å²) < 4.78 is 11.0. The Morgan fingerprint density at radius 1 is 1.35 bits per heavy atom. The molecule has 2 aromatic rings. The van der Waals surface area contributed by atoms with Gasteiger partial charge in [-0.15, -0.1) is 0 Å². The van der Waals surface area contributed by atoms with E-state index in [1.165, 1.54) is 5.56 Å². The first-order chi connectivity index (χ1) is 11.2. The molecular weight excluding hydrogens is 290 g/mol. The second kappa shape index (κ2) is 7.23. The molecule has 0 bridgehead atoms. The first kappa shape index (κ1) is 16.1. The van der Waals surface area contributed by atoms with Gasteiger partial charge in [0.1, 0.15) is 0 Å². The molecule has 0 N–H and O–H groups in total. The minimum Gasteiger partial charge on any atom is -0.380 e. The van der Waals surface area contributed by atoms with Crippen LogP contribution in [0.15, 0.2) is 34.9 Å². The number of benzene rings is 1. The summed E-state index contributed by atoms with van der Waals surface area (Å²) in [4.78, 5) is 6.84. The normalized spacial score (nSPS) is 23.3. The second-order valence-electron chi connectivity index (χ2n) is 6.38. The van der Waals surface area contributed by atoms with Crippen LogP contribution >= 0.6 is 0 Å². The molecule has 23 heavy (non-hydrogen) atoms. The highest BCUT2D eigenvalue weighted by atomic mass is 16.5. The lowest BCUT2D eigenvalue weighted by molar-refractivity contribution is 0.108. The summed E-state index contributed by atoms with van der Waals surface area (Å²) in [5.74, 6) is 1.94. The van der Waals surface area contributed by atoms with E-state index in [2.05, 4.69) is 52.3 Å². The van der Waals surface area contributed by atoms with Crippen molar-refractivity contribution in [1.29, 1.82) is 0 Å². The van der Waals surface area contributed by atoms with Gasteiger partial charge >= 0.3 is 0 Å². The van der Waals surface area contributed by atoms with Crippen molar-refractivity contribution in [3.8, 4) is 0 Å². The number of methoxy groups -OCH3 is 1. The number of rotatable bonds is 6. The third-order valence-electron chi connectivity index (χ3n) is 4.74. The number of likely N-dealkylation sites (tertiary alicyclic amines) is 1. The fraction of sp³-hybridized carbons (Fsp3) is 0.556. The molecular formula is C18H25N3O2. The summed E-state index contributed by atoms with van der Waals surface area (Å²) in [5.41, 5.74) is 1.39. The van der Waals surface area contributed by atoms with E-state index in [0.29, 0.717) is 11.7 Å². The Bertz CT molecular complexity index is 614. The van der Waals surface area contributed by atoms with Gasteiger partial charge in [-0.2, -0.15) is 4.98 Å². The molecule has 3 atom stereocenters. The van der Waals surface area contributed by atoms with E-state index in [1.807, 2.05) is 6.92 Å². The molecule has 1 fully saturated rings. The summed E-state index contributed by atoms with van der Waals surface area (Å²) in [7, 11) is 1.77. The maximum absolute atomic E-state index is 5.56. The Balaban J connectivity index is 1.65. The molecule has 5 heteroatoms. The lowest BCUT2D eigenvalue weighted by Gasteiger charge is -2.23. The molecule has 0 unspecified atom stereocenters. The number of nitrogens with zero attached hydrogens (tertiary/aromatic N) is 3. The average Bonchev–Trinajstić information content (AvgIpc) is 3.19. The summed E-state index contributed by atoms with van der Waals surface area (Å²) >= 11 is 0. The first-order valence-corrected chi connectivity index (χ1v) is 8.29. The quantitative estimate of drug-likeness (QED) is 0.818. The topological polar surface area (TPSA) is 51.4 Å². The van der Waals surface area contributed by atoms with Crippen molar-refractivity contribution in [1.82, 2.24) is 15.0 Å². The molecule has 0 amide bonds. The van der Waals surface area contributed by atoms with E-state index in [1.54, 1.807) is 7.11 Å². The summed E-state index contributed by atoms with van der Waals surface area (Å²) in [6.07, 6.45) is 2.25. The van der Waals surface area contributed by atoms with Crippen LogP contribution in [-0.2, 0) is 4.74 Å². The van der Waals surface area contributed by atoms with Crippen LogP contribution in [0.25, 0.3) is 0 Å². The van der Waals surface area contributed by atoms with Crippen molar-refractivity contribution < 1.29 is 9.26 Å². The second-order valence-corrected chi connectivity index (χ2v) is 6.38. The van der Waals surface area contributed by atoms with Gasteiger partial charge in [0.25, 0.3) is 0 Å². The Morgan fingerprint density at radius 2 is 2.13 bits per heavy atom. The van der Waals surface area contributed by atoms with Crippen LogP contribution in [0.5, 0.6) is 0 Å². The van der Waals surface area contributed by atoms with Crippen molar-refractivity contribution in [3.63, 3.8) is 0 Å². The number of hydrogen-bond acceptors (Lipinski definition) is 5. The highest BCUT2D eigenvalue weighted by Gasteiger charge is 2.36. The summed E-state index contributed by atoms with van der Waals surface area (Å²) in [6, 6.07) is 10.8. The fourth-order valence-electron chi connectivity index (χ4n) is 3.29. The van der Waals surface area contributed by atoms with Crippen LogP contribution in [0.4, 0.5) is 0 Å². The largest absolute Gasteiger partial charge is 0.380 e. The zero-order valence-electron chi connectivity index (χ0n) is 14.1. The van der Waals surface area contributed by atoms with Gasteiger partial charge in [-0.05, 0) is 37.8 Å². The van der Waals surface area contributed by atoms with Gasteiger partial charge in [-0.3, -0.25) is 4.90 Å². The van der Waals surface area contributed by atoms with Crippen LogP contribution in [-0.4, -0.2) is 41.3 Å². The Hall–Kier alpha value is -1.72. The molecule has 124 valence electrons. The van der Waals surface area contributed by atoms with E-state index in [9.17, 15) is 0 Å². The highest BCUT2D eigenvalue weighted by Crippen LogP contribution is 2.33. The van der Waals surface area contributed by atoms with Crippen LogP contribution in [0.3, 0.4) is 0 Å². The Labute approximate surface area is 137 Å². The van der Waals surface area contributed by atoms with Gasteiger partial charge in [-0.1, -0.05) is 42.4 Å². The van der Waals surface area contributed by atoms with Crippen LogP contribution in [0, 0.1) is 6.92 Å². The summed E-state index contributed by atoms with van der Waals surface area (Å²) in [6.45, 7) is 6.06. The van der Waals surface area contributed by atoms with Crippen molar-refractivity contribution >= 4 is 0 Å². The van der Waals surface area contributed by atoms with Gasteiger partial charge in [-0.25, -0.2) is 0 Å². The number of ether oxygens (including phenoxy) is 1. The zero-order valence-corrected chi connectivity index (χ0v) is 14.1. The monoisotopic (exact) mass is 315 g/mol. The van der Waals surface area contributed by atoms with Crippen molar-refractivity contribution in [3.05, 3.63) is 47.6 Å². The number of hydrogen-bond donors (Lipinski definition) is 0. The highest BCUT2D eigenvalue weighted by molar-refractivity contribution is 5.18. The molecule has 5 nitrogen and oxygen atoms in total. The Kier molecular flexibility index (Phi) is 5.08. The fourth-order valence-corrected chi connectivity index (χ4v) is 3.29. The molecule has 0 radical (unpaired) electrons. The van der Waals surface area contributed by atoms with Gasteiger partial charge in [0, 0.05) is 13.7 Å². The third kappa shape index (κ3) is 3.79. The van der Waals surface area contributed by atoms with Crippen LogP contribution in [0.1, 0.15) is 49.0 Å². The molecule has 2 heterocycles. The van der Waals surface area contributed by atoms with Gasteiger partial charge in [0.05, 0.1) is 12.1 Å². The molecule has 1 aliphatic heterocycles. The smallest absolute Gasteiger partial charge is 0.244 e. The molecule has 0 spiro atoms. The molecule has 0 saturated carbocycles. The van der Waals surface area contributed by atoms with E-state index >= 15 is 0 Å². The van der Waals surface area contributed by atoms with E-state index in [0.717, 1.165) is 31.8 Å². The Morgan fingerprint density at radius 3 is 2.78 bits per heavy atom. The minimum atomic E-state index is 0.170. The average molecular weight is 315 g/mol. The third-order valence-corrected chi connectivity index (χ3v) is 4.74. The predicted molar refractivity (Wildman–Crippen MR) is 88.2 cm³/mol. The zero-order chi connectivity index (χ0) is 16.2. The van der Waals surface area contributed by atoms with Crippen LogP contribution in [0.2, 0.25) is 0 Å². The SMILES string of the molecule is CO[C@@H]1C[C@H](c2nc(C)no2)N(CC[C@@H](C)c2ccccc2)C1. The minimum absolute atomic E-state index is 0.170. The van der Waals surface area contributed by atoms with Crippen molar-refractivity contribution in [2.24, 2.45) is 0 Å².